The Balaban J connectivity index is 2.11. The number of carbonyl (C=O) groups is 1. The first-order valence-corrected chi connectivity index (χ1v) is 8.42. The van der Waals surface area contributed by atoms with Gasteiger partial charge >= 0.3 is 0 Å². The summed E-state index contributed by atoms with van der Waals surface area (Å²) < 4.78 is 29.8. The third kappa shape index (κ3) is 3.85. The summed E-state index contributed by atoms with van der Waals surface area (Å²) in [5.74, 6) is -0.0379. The largest absolute Gasteiger partial charge is 0.496 e. The topological polar surface area (TPSA) is 84.5 Å². The van der Waals surface area contributed by atoms with E-state index in [1.165, 1.54) is 25.3 Å². The van der Waals surface area contributed by atoms with E-state index in [2.05, 4.69) is 21.4 Å². The van der Waals surface area contributed by atoms with Crippen molar-refractivity contribution >= 4 is 31.9 Å². The number of hydrogen-bond donors (Lipinski definition) is 2. The fourth-order valence-corrected chi connectivity index (χ4v) is 3.21. The van der Waals surface area contributed by atoms with Crippen molar-refractivity contribution in [3.05, 3.63) is 58.6 Å². The minimum atomic E-state index is -3.88. The summed E-state index contributed by atoms with van der Waals surface area (Å²) in [4.78, 5) is 13.9. The summed E-state index contributed by atoms with van der Waals surface area (Å²) >= 11 is 3.21. The smallest absolute Gasteiger partial charge is 0.266 e. The number of carbonyl (C=O) groups excluding carboxylic acids is 1. The number of nitrogens with one attached hydrogen (secondary N) is 2. The average molecular weight is 385 g/mol. The molecule has 0 bridgehead atoms. The van der Waals surface area contributed by atoms with Crippen molar-refractivity contribution in [1.82, 2.24) is 10.3 Å². The highest BCUT2D eigenvalue weighted by Crippen LogP contribution is 2.27. The molecule has 0 unspecified atom stereocenters. The number of methoxy groups -OCH3 is 1. The van der Waals surface area contributed by atoms with Gasteiger partial charge in [-0.3, -0.25) is 10.2 Å². The lowest BCUT2D eigenvalue weighted by Gasteiger charge is -2.10. The number of amides is 1. The number of hydrazine groups is 1. The van der Waals surface area contributed by atoms with Crippen molar-refractivity contribution in [3.63, 3.8) is 0 Å². The first-order chi connectivity index (χ1) is 10.4. The highest BCUT2D eigenvalue weighted by Gasteiger charge is 2.17. The van der Waals surface area contributed by atoms with Crippen LogP contribution in [0.4, 0.5) is 0 Å². The zero-order valence-corrected chi connectivity index (χ0v) is 13.9. The van der Waals surface area contributed by atoms with E-state index in [0.717, 1.165) is 0 Å². The van der Waals surface area contributed by atoms with Gasteiger partial charge in [-0.25, -0.2) is 8.42 Å². The first-order valence-electron chi connectivity index (χ1n) is 6.15. The first kappa shape index (κ1) is 16.5. The molecule has 0 aliphatic rings. The zero-order valence-electron chi connectivity index (χ0n) is 11.5. The van der Waals surface area contributed by atoms with Crippen LogP contribution in [0.25, 0.3) is 0 Å². The Bertz CT molecular complexity index is 779. The van der Waals surface area contributed by atoms with Crippen molar-refractivity contribution in [3.8, 4) is 5.75 Å². The van der Waals surface area contributed by atoms with Crippen LogP contribution in [0.15, 0.2) is 57.9 Å². The van der Waals surface area contributed by atoms with Gasteiger partial charge in [-0.1, -0.05) is 18.2 Å². The quantitative estimate of drug-likeness (QED) is 0.772. The Morgan fingerprint density at radius 3 is 2.41 bits per heavy atom. The summed E-state index contributed by atoms with van der Waals surface area (Å²) in [5.41, 5.74) is 2.51. The molecular formula is C14H13BrN2O4S. The number of benzene rings is 2. The van der Waals surface area contributed by atoms with E-state index >= 15 is 0 Å². The van der Waals surface area contributed by atoms with Crippen molar-refractivity contribution in [2.75, 3.05) is 7.11 Å². The molecule has 2 rings (SSSR count). The Morgan fingerprint density at radius 2 is 1.82 bits per heavy atom. The van der Waals surface area contributed by atoms with Gasteiger partial charge in [0.15, 0.2) is 0 Å². The summed E-state index contributed by atoms with van der Waals surface area (Å²) in [6.07, 6.45) is 0. The minimum absolute atomic E-state index is 0.00598. The molecule has 116 valence electrons. The van der Waals surface area contributed by atoms with E-state index in [-0.39, 0.29) is 4.90 Å². The SMILES string of the molecule is COc1ccc(S(=O)(=O)NNC(=O)c2ccccc2)cc1Br. The molecule has 8 heteroatoms. The molecule has 0 spiro atoms. The summed E-state index contributed by atoms with van der Waals surface area (Å²) in [7, 11) is -2.40. The molecule has 1 amide bonds. The van der Waals surface area contributed by atoms with Crippen LogP contribution in [0.2, 0.25) is 0 Å². The fraction of sp³-hybridized carbons (Fsp3) is 0.0714. The molecule has 0 saturated heterocycles. The van der Waals surface area contributed by atoms with Gasteiger partial charge < -0.3 is 4.74 Å². The second kappa shape index (κ2) is 6.91. The molecule has 2 aromatic carbocycles. The molecule has 6 nitrogen and oxygen atoms in total. The third-order valence-electron chi connectivity index (χ3n) is 2.77. The van der Waals surface area contributed by atoms with Gasteiger partial charge in [0.1, 0.15) is 5.75 Å². The van der Waals surface area contributed by atoms with E-state index < -0.39 is 15.9 Å². The van der Waals surface area contributed by atoms with Crippen LogP contribution in [0.5, 0.6) is 5.75 Å². The molecule has 2 N–H and O–H groups in total. The number of sulfonamides is 1. The van der Waals surface area contributed by atoms with Gasteiger partial charge in [0.2, 0.25) is 0 Å². The lowest BCUT2D eigenvalue weighted by atomic mass is 10.2. The average Bonchev–Trinajstić information content (AvgIpc) is 2.53. The van der Waals surface area contributed by atoms with Crippen LogP contribution in [-0.2, 0) is 10.0 Å². The van der Waals surface area contributed by atoms with Crippen molar-refractivity contribution in [2.24, 2.45) is 0 Å². The van der Waals surface area contributed by atoms with E-state index in [1.807, 2.05) is 4.83 Å². The second-order valence-corrected chi connectivity index (χ2v) is 6.76. The van der Waals surface area contributed by atoms with Crippen LogP contribution >= 0.6 is 15.9 Å². The van der Waals surface area contributed by atoms with Gasteiger partial charge in [-0.2, -0.15) is 0 Å². The number of hydrogen-bond acceptors (Lipinski definition) is 4. The maximum atomic E-state index is 12.1. The Labute approximate surface area is 136 Å². The van der Waals surface area contributed by atoms with Crippen LogP contribution in [0.3, 0.4) is 0 Å². The van der Waals surface area contributed by atoms with Gasteiger partial charge in [0, 0.05) is 5.56 Å². The number of halogens is 1. The van der Waals surface area contributed by atoms with Crippen LogP contribution in [0, 0.1) is 0 Å². The predicted molar refractivity (Wildman–Crippen MR) is 84.9 cm³/mol. The molecule has 0 heterocycles. The molecule has 0 atom stereocenters. The maximum absolute atomic E-state index is 12.1. The molecule has 0 aliphatic heterocycles. The molecule has 22 heavy (non-hydrogen) atoms. The third-order valence-corrected chi connectivity index (χ3v) is 4.63. The van der Waals surface area contributed by atoms with Crippen molar-refractivity contribution < 1.29 is 17.9 Å². The Morgan fingerprint density at radius 1 is 1.14 bits per heavy atom. The highest BCUT2D eigenvalue weighted by molar-refractivity contribution is 9.10. The Kier molecular flexibility index (Phi) is 5.17. The number of ether oxygens (including phenoxy) is 1. The monoisotopic (exact) mass is 384 g/mol. The van der Waals surface area contributed by atoms with Crippen LogP contribution < -0.4 is 15.0 Å². The minimum Gasteiger partial charge on any atom is -0.496 e. The van der Waals surface area contributed by atoms with E-state index in [9.17, 15) is 13.2 Å². The normalized spacial score (nSPS) is 11.0. The molecule has 0 fully saturated rings. The molecule has 0 saturated carbocycles. The van der Waals surface area contributed by atoms with E-state index in [0.29, 0.717) is 15.8 Å². The van der Waals surface area contributed by atoms with Gasteiger partial charge in [-0.05, 0) is 46.3 Å². The lowest BCUT2D eigenvalue weighted by molar-refractivity contribution is 0.0945. The van der Waals surface area contributed by atoms with Crippen LogP contribution in [-0.4, -0.2) is 21.4 Å². The fourth-order valence-electron chi connectivity index (χ4n) is 1.65. The van der Waals surface area contributed by atoms with Gasteiger partial charge in [-0.15, -0.1) is 4.83 Å². The van der Waals surface area contributed by atoms with Crippen LogP contribution in [0.1, 0.15) is 10.4 Å². The standard InChI is InChI=1S/C14H13BrN2O4S/c1-21-13-8-7-11(9-12(13)15)22(19,20)17-16-14(18)10-5-3-2-4-6-10/h2-9,17H,1H3,(H,16,18). The molecule has 0 aliphatic carbocycles. The van der Waals surface area contributed by atoms with Gasteiger partial charge in [0.25, 0.3) is 15.9 Å². The summed E-state index contributed by atoms with van der Waals surface area (Å²) in [6.45, 7) is 0. The lowest BCUT2D eigenvalue weighted by Crippen LogP contribution is -2.41. The highest BCUT2D eigenvalue weighted by atomic mass is 79.9. The number of rotatable bonds is 5. The maximum Gasteiger partial charge on any atom is 0.266 e. The summed E-state index contributed by atoms with van der Waals surface area (Å²) in [6, 6.07) is 12.6. The Hall–Kier alpha value is -1.90. The van der Waals surface area contributed by atoms with E-state index in [1.54, 1.807) is 30.3 Å². The molecule has 0 radical (unpaired) electrons. The molecular weight excluding hydrogens is 372 g/mol. The van der Waals surface area contributed by atoms with Crippen molar-refractivity contribution in [1.29, 1.82) is 0 Å². The molecule has 2 aromatic rings. The summed E-state index contributed by atoms with van der Waals surface area (Å²) in [5, 5.41) is 0. The zero-order chi connectivity index (χ0) is 16.2. The van der Waals surface area contributed by atoms with E-state index in [4.69, 9.17) is 4.74 Å². The second-order valence-electron chi connectivity index (χ2n) is 4.22. The molecule has 0 aromatic heterocycles. The predicted octanol–water partition coefficient (Wildman–Crippen LogP) is 2.08. The van der Waals surface area contributed by atoms with Gasteiger partial charge in [0.05, 0.1) is 16.5 Å². The van der Waals surface area contributed by atoms with Crippen molar-refractivity contribution in [2.45, 2.75) is 4.90 Å².